The van der Waals surface area contributed by atoms with Crippen LogP contribution in [-0.2, 0) is 9.47 Å². The van der Waals surface area contributed by atoms with E-state index in [2.05, 4.69) is 0 Å². The zero-order chi connectivity index (χ0) is 10.3. The maximum atomic E-state index is 10.5. The molecule has 0 bridgehead atoms. The summed E-state index contributed by atoms with van der Waals surface area (Å²) in [5.74, 6) is 0. The molecule has 0 saturated carbocycles. The van der Waals surface area contributed by atoms with Gasteiger partial charge in [-0.15, -0.1) is 0 Å². The van der Waals surface area contributed by atoms with Crippen molar-refractivity contribution >= 4 is 6.09 Å². The monoisotopic (exact) mass is 189 g/mol. The fourth-order valence-electron chi connectivity index (χ4n) is 1.07. The first kappa shape index (κ1) is 12.2. The largest absolute Gasteiger partial charge is 0.444 e. The summed E-state index contributed by atoms with van der Waals surface area (Å²) in [6, 6.07) is 0. The van der Waals surface area contributed by atoms with Gasteiger partial charge < -0.3 is 15.2 Å². The first-order valence-electron chi connectivity index (χ1n) is 4.54. The number of carbonyl (C=O) groups is 1. The number of rotatable bonds is 6. The van der Waals surface area contributed by atoms with Crippen LogP contribution in [0.3, 0.4) is 0 Å². The van der Waals surface area contributed by atoms with Gasteiger partial charge in [0, 0.05) is 13.2 Å². The van der Waals surface area contributed by atoms with Gasteiger partial charge in [-0.05, 0) is 33.6 Å². The first-order valence-corrected chi connectivity index (χ1v) is 4.54. The Labute approximate surface area is 79.4 Å². The van der Waals surface area contributed by atoms with Gasteiger partial charge in [0.2, 0.25) is 0 Å². The van der Waals surface area contributed by atoms with Crippen LogP contribution < -0.4 is 5.73 Å². The summed E-state index contributed by atoms with van der Waals surface area (Å²) >= 11 is 0. The summed E-state index contributed by atoms with van der Waals surface area (Å²) in [5.41, 5.74) is 4.43. The van der Waals surface area contributed by atoms with Crippen molar-refractivity contribution in [2.24, 2.45) is 5.73 Å². The number of hydrogen-bond acceptors (Lipinski definition) is 3. The fourth-order valence-corrected chi connectivity index (χ4v) is 1.07. The molecule has 0 radical (unpaired) electrons. The van der Waals surface area contributed by atoms with E-state index in [1.807, 2.05) is 20.8 Å². The van der Waals surface area contributed by atoms with Crippen LogP contribution in [0.4, 0.5) is 4.79 Å². The van der Waals surface area contributed by atoms with E-state index < -0.39 is 11.7 Å². The molecular weight excluding hydrogens is 170 g/mol. The van der Waals surface area contributed by atoms with E-state index in [-0.39, 0.29) is 0 Å². The topological polar surface area (TPSA) is 61.6 Å². The van der Waals surface area contributed by atoms with Crippen molar-refractivity contribution < 1.29 is 14.3 Å². The van der Waals surface area contributed by atoms with Gasteiger partial charge in [-0.25, -0.2) is 4.79 Å². The highest BCUT2D eigenvalue weighted by atomic mass is 16.6. The lowest BCUT2D eigenvalue weighted by Gasteiger charge is -2.23. The lowest BCUT2D eigenvalue weighted by Crippen LogP contribution is -2.31. The van der Waals surface area contributed by atoms with E-state index in [4.69, 9.17) is 15.2 Å². The van der Waals surface area contributed by atoms with Crippen LogP contribution in [0.15, 0.2) is 0 Å². The fraction of sp³-hybridized carbons (Fsp3) is 0.889. The SMILES string of the molecule is CCOCCCC(C)(C)OC(N)=O. The van der Waals surface area contributed by atoms with Crippen molar-refractivity contribution in [3.05, 3.63) is 0 Å². The highest BCUT2D eigenvalue weighted by molar-refractivity contribution is 5.65. The molecule has 0 fully saturated rings. The smallest absolute Gasteiger partial charge is 0.405 e. The summed E-state index contributed by atoms with van der Waals surface area (Å²) in [4.78, 5) is 10.5. The molecule has 2 N–H and O–H groups in total. The van der Waals surface area contributed by atoms with Crippen LogP contribution in [0.5, 0.6) is 0 Å². The van der Waals surface area contributed by atoms with Crippen molar-refractivity contribution in [1.82, 2.24) is 0 Å². The molecule has 0 aliphatic rings. The number of ether oxygens (including phenoxy) is 2. The highest BCUT2D eigenvalue weighted by Crippen LogP contribution is 2.16. The van der Waals surface area contributed by atoms with Gasteiger partial charge in [0.25, 0.3) is 0 Å². The van der Waals surface area contributed by atoms with E-state index in [1.54, 1.807) is 0 Å². The normalized spacial score (nSPS) is 11.3. The summed E-state index contributed by atoms with van der Waals surface area (Å²) in [5, 5.41) is 0. The van der Waals surface area contributed by atoms with Crippen molar-refractivity contribution in [3.63, 3.8) is 0 Å². The number of hydrogen-bond donors (Lipinski definition) is 1. The summed E-state index contributed by atoms with van der Waals surface area (Å²) < 4.78 is 10.1. The van der Waals surface area contributed by atoms with Crippen LogP contribution in [-0.4, -0.2) is 24.9 Å². The van der Waals surface area contributed by atoms with Crippen molar-refractivity contribution in [3.8, 4) is 0 Å². The lowest BCUT2D eigenvalue weighted by molar-refractivity contribution is 0.0295. The van der Waals surface area contributed by atoms with Crippen molar-refractivity contribution in [1.29, 1.82) is 0 Å². The van der Waals surface area contributed by atoms with Gasteiger partial charge >= 0.3 is 6.09 Å². The van der Waals surface area contributed by atoms with Crippen LogP contribution in [0, 0.1) is 0 Å². The molecule has 0 atom stereocenters. The highest BCUT2D eigenvalue weighted by Gasteiger charge is 2.20. The zero-order valence-electron chi connectivity index (χ0n) is 8.63. The second-order valence-corrected chi connectivity index (χ2v) is 3.48. The molecular formula is C9H19NO3. The maximum absolute atomic E-state index is 10.5. The Morgan fingerprint density at radius 1 is 1.46 bits per heavy atom. The maximum Gasteiger partial charge on any atom is 0.405 e. The average Bonchev–Trinajstić information content (AvgIpc) is 1.95. The minimum atomic E-state index is -0.721. The van der Waals surface area contributed by atoms with Crippen LogP contribution in [0.25, 0.3) is 0 Å². The molecule has 0 spiro atoms. The molecule has 0 saturated heterocycles. The third-order valence-corrected chi connectivity index (χ3v) is 1.65. The Morgan fingerprint density at radius 3 is 2.54 bits per heavy atom. The molecule has 0 rings (SSSR count). The van der Waals surface area contributed by atoms with E-state index in [1.165, 1.54) is 0 Å². The zero-order valence-corrected chi connectivity index (χ0v) is 8.63. The molecule has 0 unspecified atom stereocenters. The third-order valence-electron chi connectivity index (χ3n) is 1.65. The number of primary amides is 1. The molecule has 0 aromatic heterocycles. The lowest BCUT2D eigenvalue weighted by atomic mass is 10.0. The molecule has 1 amide bonds. The third kappa shape index (κ3) is 7.59. The van der Waals surface area contributed by atoms with Crippen LogP contribution >= 0.6 is 0 Å². The van der Waals surface area contributed by atoms with Crippen LogP contribution in [0.2, 0.25) is 0 Å². The molecule has 78 valence electrons. The summed E-state index contributed by atoms with van der Waals surface area (Å²) in [6.45, 7) is 7.04. The Balaban J connectivity index is 3.56. The average molecular weight is 189 g/mol. The van der Waals surface area contributed by atoms with Gasteiger partial charge in [-0.1, -0.05) is 0 Å². The van der Waals surface area contributed by atoms with Gasteiger partial charge in [0.1, 0.15) is 5.60 Å². The molecule has 0 aromatic carbocycles. The molecule has 0 heterocycles. The molecule has 0 aliphatic carbocycles. The van der Waals surface area contributed by atoms with Crippen LogP contribution in [0.1, 0.15) is 33.6 Å². The molecule has 13 heavy (non-hydrogen) atoms. The minimum absolute atomic E-state index is 0.483. The molecule has 4 nitrogen and oxygen atoms in total. The predicted octanol–water partition coefficient (Wildman–Crippen LogP) is 1.68. The first-order chi connectivity index (χ1) is 5.98. The van der Waals surface area contributed by atoms with E-state index in [0.717, 1.165) is 19.4 Å². The predicted molar refractivity (Wildman–Crippen MR) is 50.5 cm³/mol. The van der Waals surface area contributed by atoms with Gasteiger partial charge in [-0.2, -0.15) is 0 Å². The Bertz CT molecular complexity index is 157. The van der Waals surface area contributed by atoms with Crippen molar-refractivity contribution in [2.75, 3.05) is 13.2 Å². The Kier molecular flexibility index (Phi) is 5.46. The Morgan fingerprint density at radius 2 is 2.08 bits per heavy atom. The Hall–Kier alpha value is -0.770. The number of carbonyl (C=O) groups excluding carboxylic acids is 1. The molecule has 0 aromatic rings. The standard InChI is InChI=1S/C9H19NO3/c1-4-12-7-5-6-9(2,3)13-8(10)11/h4-7H2,1-3H3,(H2,10,11). The molecule has 4 heteroatoms. The van der Waals surface area contributed by atoms with Gasteiger partial charge in [-0.3, -0.25) is 0 Å². The van der Waals surface area contributed by atoms with E-state index >= 15 is 0 Å². The second kappa shape index (κ2) is 5.80. The summed E-state index contributed by atoms with van der Waals surface area (Å²) in [6.07, 6.45) is 0.908. The molecule has 0 aliphatic heterocycles. The second-order valence-electron chi connectivity index (χ2n) is 3.48. The minimum Gasteiger partial charge on any atom is -0.444 e. The summed E-state index contributed by atoms with van der Waals surface area (Å²) in [7, 11) is 0. The van der Waals surface area contributed by atoms with Gasteiger partial charge in [0.15, 0.2) is 0 Å². The quantitative estimate of drug-likeness (QED) is 0.646. The van der Waals surface area contributed by atoms with E-state index in [9.17, 15) is 4.79 Å². The van der Waals surface area contributed by atoms with Gasteiger partial charge in [0.05, 0.1) is 0 Å². The van der Waals surface area contributed by atoms with Crippen molar-refractivity contribution in [2.45, 2.75) is 39.2 Å². The number of nitrogens with two attached hydrogens (primary N) is 1. The van der Waals surface area contributed by atoms with E-state index in [0.29, 0.717) is 6.61 Å². The number of amides is 1.